The molecule has 0 bridgehead atoms. The fourth-order valence-corrected chi connectivity index (χ4v) is 4.67. The molecule has 3 N–H and O–H groups in total. The Hall–Kier alpha value is 0.130. The van der Waals surface area contributed by atoms with Crippen LogP contribution in [0.5, 0.6) is 0 Å². The number of rotatable bonds is 8. The molecule has 1 atom stereocenters. The van der Waals surface area contributed by atoms with Gasteiger partial charge in [-0.1, -0.05) is 28.0 Å². The molecule has 1 rings (SSSR count). The van der Waals surface area contributed by atoms with Crippen LogP contribution in [0.2, 0.25) is 0 Å². The molecule has 1 amide bonds. The number of unbranched alkanes of at least 4 members (excludes halogenated alkanes) is 1. The number of carbonyl (C=O) groups excluding carboxylic acids is 1. The van der Waals surface area contributed by atoms with E-state index in [-0.39, 0.29) is 5.91 Å². The highest BCUT2D eigenvalue weighted by molar-refractivity contribution is 8.77. The Morgan fingerprint density at radius 3 is 2.94 bits per heavy atom. The molecular formula is C11H22N2OS2. The minimum absolute atomic E-state index is 0.182. The van der Waals surface area contributed by atoms with Crippen LogP contribution in [0.3, 0.4) is 0 Å². The Bertz CT molecular complexity index is 196. The Morgan fingerprint density at radius 1 is 1.38 bits per heavy atom. The lowest BCUT2D eigenvalue weighted by Crippen LogP contribution is -2.25. The number of hydrogen-bond acceptors (Lipinski definition) is 4. The van der Waals surface area contributed by atoms with Crippen molar-refractivity contribution in [1.82, 2.24) is 5.32 Å². The lowest BCUT2D eigenvalue weighted by molar-refractivity contribution is -0.121. The van der Waals surface area contributed by atoms with E-state index in [1.165, 1.54) is 25.0 Å². The first-order valence-corrected chi connectivity index (χ1v) is 8.46. The van der Waals surface area contributed by atoms with E-state index in [1.807, 2.05) is 21.6 Å². The van der Waals surface area contributed by atoms with E-state index in [2.05, 4.69) is 5.32 Å². The summed E-state index contributed by atoms with van der Waals surface area (Å²) in [7, 11) is 4.01. The summed E-state index contributed by atoms with van der Waals surface area (Å²) in [6.45, 7) is 1.38. The highest BCUT2D eigenvalue weighted by Gasteiger charge is 2.15. The molecule has 0 aromatic heterocycles. The number of hydrogen-bond donors (Lipinski definition) is 2. The predicted molar refractivity (Wildman–Crippen MR) is 73.6 cm³/mol. The molecule has 1 aliphatic rings. The quantitative estimate of drug-likeness (QED) is 0.520. The van der Waals surface area contributed by atoms with Crippen LogP contribution in [0.1, 0.15) is 38.5 Å². The van der Waals surface area contributed by atoms with Gasteiger partial charge >= 0.3 is 0 Å². The van der Waals surface area contributed by atoms with Gasteiger partial charge in [-0.3, -0.25) is 4.79 Å². The van der Waals surface area contributed by atoms with E-state index in [9.17, 15) is 4.79 Å². The fraction of sp³-hybridized carbons (Fsp3) is 0.909. The van der Waals surface area contributed by atoms with Crippen molar-refractivity contribution in [3.63, 3.8) is 0 Å². The van der Waals surface area contributed by atoms with Crippen molar-refractivity contribution >= 4 is 27.5 Å². The highest BCUT2D eigenvalue weighted by atomic mass is 33.1. The molecule has 5 heteroatoms. The first kappa shape index (κ1) is 14.2. The third kappa shape index (κ3) is 6.66. The lowest BCUT2D eigenvalue weighted by atomic mass is 10.1. The maximum atomic E-state index is 11.4. The van der Waals surface area contributed by atoms with Gasteiger partial charge in [-0.25, -0.2) is 0 Å². The molecule has 0 saturated carbocycles. The molecule has 0 radical (unpaired) electrons. The molecule has 1 fully saturated rings. The highest BCUT2D eigenvalue weighted by Crippen LogP contribution is 2.39. The van der Waals surface area contributed by atoms with E-state index in [0.717, 1.165) is 24.6 Å². The van der Waals surface area contributed by atoms with Gasteiger partial charge in [-0.05, 0) is 32.2 Å². The van der Waals surface area contributed by atoms with Gasteiger partial charge in [-0.2, -0.15) is 0 Å². The standard InChI is InChI=1S/C11H22N2OS2/c12-7-3-8-13-11(14)5-2-1-4-10-6-9-15-16-10/h10H,1-9,12H2,(H,13,14)/t10-/m1/s1. The Labute approximate surface area is 106 Å². The molecule has 0 aliphatic carbocycles. The maximum Gasteiger partial charge on any atom is 0.219 e. The zero-order chi connectivity index (χ0) is 11.6. The van der Waals surface area contributed by atoms with Gasteiger partial charge in [0.05, 0.1) is 0 Å². The summed E-state index contributed by atoms with van der Waals surface area (Å²) < 4.78 is 0. The van der Waals surface area contributed by atoms with Gasteiger partial charge in [0.2, 0.25) is 5.91 Å². The number of nitrogens with one attached hydrogen (secondary N) is 1. The van der Waals surface area contributed by atoms with Crippen LogP contribution in [0.25, 0.3) is 0 Å². The van der Waals surface area contributed by atoms with Crippen molar-refractivity contribution in [3.8, 4) is 0 Å². The summed E-state index contributed by atoms with van der Waals surface area (Å²) in [6, 6.07) is 0. The molecule has 1 heterocycles. The zero-order valence-electron chi connectivity index (χ0n) is 9.74. The third-order valence-corrected chi connectivity index (χ3v) is 5.62. The van der Waals surface area contributed by atoms with Crippen molar-refractivity contribution in [2.24, 2.45) is 5.73 Å². The van der Waals surface area contributed by atoms with E-state index in [1.54, 1.807) is 0 Å². The van der Waals surface area contributed by atoms with E-state index in [0.29, 0.717) is 13.0 Å². The van der Waals surface area contributed by atoms with E-state index < -0.39 is 0 Å². The predicted octanol–water partition coefficient (Wildman–Crippen LogP) is 2.17. The van der Waals surface area contributed by atoms with Gasteiger partial charge in [0.25, 0.3) is 0 Å². The summed E-state index contributed by atoms with van der Waals surface area (Å²) in [6.07, 6.45) is 6.38. The Balaban J connectivity index is 1.87. The second kappa shape index (κ2) is 9.19. The summed E-state index contributed by atoms with van der Waals surface area (Å²) >= 11 is 0. The smallest absolute Gasteiger partial charge is 0.219 e. The molecule has 1 saturated heterocycles. The van der Waals surface area contributed by atoms with Gasteiger partial charge < -0.3 is 11.1 Å². The average Bonchev–Trinajstić information content (AvgIpc) is 2.78. The fourth-order valence-electron chi connectivity index (χ4n) is 1.64. The molecule has 16 heavy (non-hydrogen) atoms. The van der Waals surface area contributed by atoms with Crippen molar-refractivity contribution in [2.45, 2.75) is 43.8 Å². The number of carbonyl (C=O) groups is 1. The van der Waals surface area contributed by atoms with Crippen LogP contribution < -0.4 is 11.1 Å². The Kier molecular flexibility index (Phi) is 8.15. The number of nitrogens with two attached hydrogens (primary N) is 1. The van der Waals surface area contributed by atoms with E-state index in [4.69, 9.17) is 5.73 Å². The minimum atomic E-state index is 0.182. The second-order valence-corrected chi connectivity index (χ2v) is 6.85. The molecule has 0 unspecified atom stereocenters. The topological polar surface area (TPSA) is 55.1 Å². The molecule has 1 aliphatic heterocycles. The van der Waals surface area contributed by atoms with Gasteiger partial charge in [0.1, 0.15) is 0 Å². The molecule has 94 valence electrons. The monoisotopic (exact) mass is 262 g/mol. The van der Waals surface area contributed by atoms with Crippen LogP contribution in [-0.2, 0) is 4.79 Å². The van der Waals surface area contributed by atoms with E-state index >= 15 is 0 Å². The van der Waals surface area contributed by atoms with Gasteiger partial charge in [0, 0.05) is 24.0 Å². The van der Waals surface area contributed by atoms with Gasteiger partial charge in [-0.15, -0.1) is 0 Å². The van der Waals surface area contributed by atoms with Crippen LogP contribution in [0, 0.1) is 0 Å². The largest absolute Gasteiger partial charge is 0.356 e. The van der Waals surface area contributed by atoms with Crippen molar-refractivity contribution in [3.05, 3.63) is 0 Å². The summed E-state index contributed by atoms with van der Waals surface area (Å²) in [4.78, 5) is 11.4. The third-order valence-electron chi connectivity index (χ3n) is 2.61. The molecule has 3 nitrogen and oxygen atoms in total. The first-order chi connectivity index (χ1) is 7.83. The van der Waals surface area contributed by atoms with Crippen LogP contribution in [-0.4, -0.2) is 30.0 Å². The maximum absolute atomic E-state index is 11.4. The molecule has 0 spiro atoms. The summed E-state index contributed by atoms with van der Waals surface area (Å²) in [5.74, 6) is 1.48. The molecular weight excluding hydrogens is 240 g/mol. The first-order valence-electron chi connectivity index (χ1n) is 6.08. The van der Waals surface area contributed by atoms with Crippen LogP contribution >= 0.6 is 21.6 Å². The van der Waals surface area contributed by atoms with Gasteiger partial charge in [0.15, 0.2) is 0 Å². The SMILES string of the molecule is NCCCNC(=O)CCCC[C@@H]1CCSS1. The van der Waals surface area contributed by atoms with Crippen molar-refractivity contribution in [2.75, 3.05) is 18.8 Å². The summed E-state index contributed by atoms with van der Waals surface area (Å²) in [5, 5.41) is 3.72. The minimum Gasteiger partial charge on any atom is -0.356 e. The summed E-state index contributed by atoms with van der Waals surface area (Å²) in [5.41, 5.74) is 5.35. The average molecular weight is 262 g/mol. The molecule has 0 aromatic rings. The van der Waals surface area contributed by atoms with Crippen molar-refractivity contribution < 1.29 is 4.79 Å². The zero-order valence-corrected chi connectivity index (χ0v) is 11.4. The van der Waals surface area contributed by atoms with Crippen molar-refractivity contribution in [1.29, 1.82) is 0 Å². The normalized spacial score (nSPS) is 19.9. The Morgan fingerprint density at radius 2 is 2.25 bits per heavy atom. The van der Waals surface area contributed by atoms with Crippen LogP contribution in [0.4, 0.5) is 0 Å². The molecule has 0 aromatic carbocycles. The number of amides is 1. The van der Waals surface area contributed by atoms with Crippen LogP contribution in [0.15, 0.2) is 0 Å². The second-order valence-electron chi connectivity index (χ2n) is 4.07. The lowest BCUT2D eigenvalue weighted by Gasteiger charge is -2.07.